The Morgan fingerprint density at radius 1 is 1.33 bits per heavy atom. The van der Waals surface area contributed by atoms with Crippen molar-refractivity contribution in [2.45, 2.75) is 33.7 Å². The van der Waals surface area contributed by atoms with Crippen LogP contribution in [0.2, 0.25) is 0 Å². The highest BCUT2D eigenvalue weighted by Crippen LogP contribution is 2.35. The summed E-state index contributed by atoms with van der Waals surface area (Å²) in [7, 11) is 1.56. The number of rotatable bonds is 2. The molecule has 0 aliphatic rings. The number of methoxy groups -OCH3 is 1. The SMILES string of the molecule is COc1ncnc2c1nc(N)n2C(C)C(C)(C)C. The quantitative estimate of drug-likeness (QED) is 0.880. The third-order valence-electron chi connectivity index (χ3n) is 3.30. The van der Waals surface area contributed by atoms with E-state index >= 15 is 0 Å². The number of hydrogen-bond acceptors (Lipinski definition) is 5. The molecule has 0 spiro atoms. The number of hydrogen-bond donors (Lipinski definition) is 1. The number of nitrogens with two attached hydrogens (primary N) is 1. The predicted molar refractivity (Wildman–Crippen MR) is 70.5 cm³/mol. The van der Waals surface area contributed by atoms with Gasteiger partial charge in [-0.3, -0.25) is 4.57 Å². The Morgan fingerprint density at radius 2 is 2.00 bits per heavy atom. The zero-order valence-corrected chi connectivity index (χ0v) is 11.4. The van der Waals surface area contributed by atoms with Crippen molar-refractivity contribution in [1.29, 1.82) is 0 Å². The molecule has 6 nitrogen and oxygen atoms in total. The molecule has 0 aromatic carbocycles. The molecule has 0 radical (unpaired) electrons. The summed E-state index contributed by atoms with van der Waals surface area (Å²) >= 11 is 0. The van der Waals surface area contributed by atoms with Crippen molar-refractivity contribution in [3.63, 3.8) is 0 Å². The van der Waals surface area contributed by atoms with Gasteiger partial charge in [0.1, 0.15) is 6.33 Å². The molecule has 2 heterocycles. The Balaban J connectivity index is 2.69. The topological polar surface area (TPSA) is 78.8 Å². The molecule has 0 saturated heterocycles. The van der Waals surface area contributed by atoms with E-state index in [2.05, 4.69) is 42.6 Å². The summed E-state index contributed by atoms with van der Waals surface area (Å²) in [5.41, 5.74) is 7.37. The van der Waals surface area contributed by atoms with E-state index in [1.807, 2.05) is 4.57 Å². The summed E-state index contributed by atoms with van der Waals surface area (Å²) in [4.78, 5) is 12.6. The fraction of sp³-hybridized carbons (Fsp3) is 0.583. The van der Waals surface area contributed by atoms with Crippen LogP contribution in [0.4, 0.5) is 5.95 Å². The van der Waals surface area contributed by atoms with Gasteiger partial charge in [-0.25, -0.2) is 9.97 Å². The maximum absolute atomic E-state index is 6.00. The molecule has 2 N–H and O–H groups in total. The van der Waals surface area contributed by atoms with Gasteiger partial charge in [0.15, 0.2) is 11.2 Å². The Labute approximate surface area is 106 Å². The lowest BCUT2D eigenvalue weighted by molar-refractivity contribution is 0.269. The van der Waals surface area contributed by atoms with Crippen LogP contribution in [0.1, 0.15) is 33.7 Å². The second-order valence-corrected chi connectivity index (χ2v) is 5.44. The van der Waals surface area contributed by atoms with Crippen molar-refractivity contribution in [3.8, 4) is 5.88 Å². The van der Waals surface area contributed by atoms with Gasteiger partial charge in [-0.15, -0.1) is 0 Å². The zero-order chi connectivity index (χ0) is 13.5. The first-order valence-electron chi connectivity index (χ1n) is 5.88. The molecular weight excluding hydrogens is 230 g/mol. The first-order valence-corrected chi connectivity index (χ1v) is 5.88. The summed E-state index contributed by atoms with van der Waals surface area (Å²) < 4.78 is 7.11. The van der Waals surface area contributed by atoms with Crippen LogP contribution >= 0.6 is 0 Å². The van der Waals surface area contributed by atoms with Crippen LogP contribution in [0.25, 0.3) is 11.2 Å². The predicted octanol–water partition coefficient (Wildman–Crippen LogP) is 2.02. The van der Waals surface area contributed by atoms with Gasteiger partial charge in [0.2, 0.25) is 11.8 Å². The molecule has 0 saturated carbocycles. The first kappa shape index (κ1) is 12.6. The van der Waals surface area contributed by atoms with Crippen LogP contribution in [0, 0.1) is 5.41 Å². The lowest BCUT2D eigenvalue weighted by Crippen LogP contribution is -2.23. The van der Waals surface area contributed by atoms with Gasteiger partial charge < -0.3 is 10.5 Å². The molecule has 2 aromatic heterocycles. The van der Waals surface area contributed by atoms with Gasteiger partial charge in [-0.05, 0) is 12.3 Å². The van der Waals surface area contributed by atoms with Crippen LogP contribution in [0.5, 0.6) is 5.88 Å². The summed E-state index contributed by atoms with van der Waals surface area (Å²) in [5.74, 6) is 0.887. The fourth-order valence-corrected chi connectivity index (χ4v) is 1.82. The molecule has 0 fully saturated rings. The van der Waals surface area contributed by atoms with Crippen molar-refractivity contribution in [1.82, 2.24) is 19.5 Å². The second-order valence-electron chi connectivity index (χ2n) is 5.44. The molecule has 0 aliphatic carbocycles. The van der Waals surface area contributed by atoms with E-state index in [-0.39, 0.29) is 11.5 Å². The van der Waals surface area contributed by atoms with Crippen molar-refractivity contribution in [2.24, 2.45) is 5.41 Å². The van der Waals surface area contributed by atoms with Gasteiger partial charge in [0.25, 0.3) is 0 Å². The van der Waals surface area contributed by atoms with E-state index in [1.165, 1.54) is 6.33 Å². The second kappa shape index (κ2) is 4.12. The third-order valence-corrected chi connectivity index (χ3v) is 3.30. The fourth-order valence-electron chi connectivity index (χ4n) is 1.82. The number of nitrogen functional groups attached to an aromatic ring is 1. The molecule has 6 heteroatoms. The monoisotopic (exact) mass is 249 g/mol. The van der Waals surface area contributed by atoms with Crippen LogP contribution in [0.15, 0.2) is 6.33 Å². The molecule has 1 atom stereocenters. The summed E-state index contributed by atoms with van der Waals surface area (Å²) in [5, 5.41) is 0. The van der Waals surface area contributed by atoms with Crippen molar-refractivity contribution in [3.05, 3.63) is 6.33 Å². The van der Waals surface area contributed by atoms with Gasteiger partial charge in [-0.2, -0.15) is 4.98 Å². The van der Waals surface area contributed by atoms with E-state index in [9.17, 15) is 0 Å². The minimum Gasteiger partial charge on any atom is -0.479 e. The van der Waals surface area contributed by atoms with Crippen molar-refractivity contribution >= 4 is 17.1 Å². The molecule has 2 rings (SSSR count). The molecule has 0 aliphatic heterocycles. The average Bonchev–Trinajstić information content (AvgIpc) is 2.62. The standard InChI is InChI=1S/C12H19N5O/c1-7(12(2,3)4)17-9-8(16-11(17)13)10(18-5)15-6-14-9/h6-7H,1-5H3,(H2,13,16). The minimum atomic E-state index is 0.0555. The highest BCUT2D eigenvalue weighted by atomic mass is 16.5. The highest BCUT2D eigenvalue weighted by molar-refractivity contribution is 5.79. The van der Waals surface area contributed by atoms with E-state index in [4.69, 9.17) is 10.5 Å². The summed E-state index contributed by atoms with van der Waals surface area (Å²) in [6.45, 7) is 8.57. The van der Waals surface area contributed by atoms with E-state index < -0.39 is 0 Å². The Kier molecular flexibility index (Phi) is 2.88. The first-order chi connectivity index (χ1) is 8.36. The molecule has 2 aromatic rings. The van der Waals surface area contributed by atoms with E-state index in [0.29, 0.717) is 23.0 Å². The lowest BCUT2D eigenvalue weighted by Gasteiger charge is -2.29. The number of nitrogens with zero attached hydrogens (tertiary/aromatic N) is 4. The average molecular weight is 249 g/mol. The third kappa shape index (κ3) is 1.87. The number of imidazole rings is 1. The number of fused-ring (bicyclic) bond motifs is 1. The Morgan fingerprint density at radius 3 is 2.56 bits per heavy atom. The number of ether oxygens (including phenoxy) is 1. The zero-order valence-electron chi connectivity index (χ0n) is 11.4. The molecule has 0 bridgehead atoms. The molecule has 18 heavy (non-hydrogen) atoms. The maximum atomic E-state index is 6.00. The summed E-state index contributed by atoms with van der Waals surface area (Å²) in [6, 6.07) is 0.169. The highest BCUT2D eigenvalue weighted by Gasteiger charge is 2.26. The molecule has 0 amide bonds. The Hall–Kier alpha value is -1.85. The molecule has 1 unspecified atom stereocenters. The van der Waals surface area contributed by atoms with Gasteiger partial charge in [-0.1, -0.05) is 20.8 Å². The summed E-state index contributed by atoms with van der Waals surface area (Å²) in [6.07, 6.45) is 1.47. The normalized spacial score (nSPS) is 13.8. The molecular formula is C12H19N5O. The van der Waals surface area contributed by atoms with Gasteiger partial charge >= 0.3 is 0 Å². The van der Waals surface area contributed by atoms with E-state index in [1.54, 1.807) is 7.11 Å². The Bertz CT molecular complexity index is 570. The number of aromatic nitrogens is 4. The lowest BCUT2D eigenvalue weighted by atomic mass is 9.88. The van der Waals surface area contributed by atoms with Crippen LogP contribution in [0.3, 0.4) is 0 Å². The van der Waals surface area contributed by atoms with E-state index in [0.717, 1.165) is 0 Å². The largest absolute Gasteiger partial charge is 0.479 e. The van der Waals surface area contributed by atoms with Crippen LogP contribution in [-0.4, -0.2) is 26.6 Å². The van der Waals surface area contributed by atoms with Crippen LogP contribution in [-0.2, 0) is 0 Å². The van der Waals surface area contributed by atoms with Crippen molar-refractivity contribution < 1.29 is 4.74 Å². The smallest absolute Gasteiger partial charge is 0.245 e. The van der Waals surface area contributed by atoms with Crippen LogP contribution < -0.4 is 10.5 Å². The minimum absolute atomic E-state index is 0.0555. The van der Waals surface area contributed by atoms with Gasteiger partial charge in [0.05, 0.1) is 7.11 Å². The van der Waals surface area contributed by atoms with Gasteiger partial charge in [0, 0.05) is 6.04 Å². The maximum Gasteiger partial charge on any atom is 0.245 e. The van der Waals surface area contributed by atoms with Crippen molar-refractivity contribution in [2.75, 3.05) is 12.8 Å². The number of anilines is 1. The molecule has 98 valence electrons.